The monoisotopic (exact) mass is 465 g/mol. The van der Waals surface area contributed by atoms with Crippen LogP contribution in [0.3, 0.4) is 0 Å². The van der Waals surface area contributed by atoms with Gasteiger partial charge in [-0.15, -0.1) is 0 Å². The molecule has 2 fully saturated rings. The first-order valence-electron chi connectivity index (χ1n) is 11.2. The van der Waals surface area contributed by atoms with E-state index in [1.807, 2.05) is 42.0 Å². The maximum absolute atomic E-state index is 13.9. The molecule has 0 spiro atoms. The maximum atomic E-state index is 13.9. The molecule has 0 radical (unpaired) electrons. The van der Waals surface area contributed by atoms with Crippen LogP contribution in [0.5, 0.6) is 5.75 Å². The van der Waals surface area contributed by atoms with Gasteiger partial charge in [0, 0.05) is 11.8 Å². The average molecular weight is 466 g/mol. The van der Waals surface area contributed by atoms with Crippen molar-refractivity contribution in [2.75, 3.05) is 20.3 Å². The predicted octanol–water partition coefficient (Wildman–Crippen LogP) is 4.61. The van der Waals surface area contributed by atoms with Gasteiger partial charge in [-0.1, -0.05) is 12.1 Å². The topological polar surface area (TPSA) is 56.6 Å². The van der Waals surface area contributed by atoms with E-state index in [1.54, 1.807) is 18.3 Å². The fourth-order valence-corrected chi connectivity index (χ4v) is 4.72. The summed E-state index contributed by atoms with van der Waals surface area (Å²) in [5, 5.41) is 0. The lowest BCUT2D eigenvalue weighted by atomic mass is 9.91. The van der Waals surface area contributed by atoms with E-state index in [1.165, 1.54) is 6.07 Å². The number of carbonyl (C=O) groups excluding carboxylic acids is 1. The fraction of sp³-hybridized carbons (Fsp3) is 0.308. The van der Waals surface area contributed by atoms with E-state index in [9.17, 15) is 13.6 Å². The van der Waals surface area contributed by atoms with Crippen molar-refractivity contribution in [2.24, 2.45) is 0 Å². The lowest BCUT2D eigenvalue weighted by Crippen LogP contribution is -2.53. The molecule has 2 saturated heterocycles. The highest BCUT2D eigenvalue weighted by molar-refractivity contribution is 5.99. The molecule has 0 N–H and O–H groups in total. The van der Waals surface area contributed by atoms with Crippen LogP contribution in [0.15, 0.2) is 54.5 Å². The lowest BCUT2D eigenvalue weighted by molar-refractivity contribution is -0.145. The molecule has 0 bridgehead atoms. The first-order chi connectivity index (χ1) is 16.4. The van der Waals surface area contributed by atoms with Crippen LogP contribution in [0.4, 0.5) is 8.78 Å². The molecule has 6 nitrogen and oxygen atoms in total. The number of rotatable bonds is 4. The van der Waals surface area contributed by atoms with Crippen molar-refractivity contribution < 1.29 is 23.0 Å². The van der Waals surface area contributed by atoms with E-state index >= 15 is 0 Å². The third-order valence-corrected chi connectivity index (χ3v) is 6.43. The van der Waals surface area contributed by atoms with E-state index in [4.69, 9.17) is 9.47 Å². The number of imidazole rings is 1. The number of amides is 1. The second-order valence-corrected chi connectivity index (χ2v) is 8.65. The Morgan fingerprint density at radius 3 is 2.74 bits per heavy atom. The van der Waals surface area contributed by atoms with Gasteiger partial charge in [-0.3, -0.25) is 4.79 Å². The molecular weight excluding hydrogens is 440 g/mol. The first kappa shape index (κ1) is 22.3. The number of hydrogen-bond donors (Lipinski definition) is 0. The number of aryl methyl sites for hydroxylation is 1. The van der Waals surface area contributed by atoms with E-state index in [0.717, 1.165) is 35.5 Å². The lowest BCUT2D eigenvalue weighted by Gasteiger charge is -2.45. The molecule has 0 saturated carbocycles. The molecule has 3 heterocycles. The number of piperidine rings is 1. The zero-order valence-corrected chi connectivity index (χ0v) is 19.0. The Morgan fingerprint density at radius 2 is 2.00 bits per heavy atom. The molecule has 2 aliphatic rings. The van der Waals surface area contributed by atoms with Gasteiger partial charge >= 0.3 is 0 Å². The normalized spacial score (nSPS) is 21.6. The molecule has 2 aromatic carbocycles. The van der Waals surface area contributed by atoms with E-state index in [-0.39, 0.29) is 18.6 Å². The van der Waals surface area contributed by atoms with Crippen LogP contribution in [-0.4, -0.2) is 46.7 Å². The number of hydrogen-bond acceptors (Lipinski definition) is 4. The number of aromatic nitrogens is 2. The summed E-state index contributed by atoms with van der Waals surface area (Å²) in [6.45, 7) is 2.60. The van der Waals surface area contributed by atoms with Gasteiger partial charge in [-0.05, 0) is 61.2 Å². The Kier molecular flexibility index (Phi) is 5.91. The zero-order chi connectivity index (χ0) is 23.8. The van der Waals surface area contributed by atoms with Crippen LogP contribution in [-0.2, 0) is 9.53 Å². The average Bonchev–Trinajstić information content (AvgIpc) is 3.28. The summed E-state index contributed by atoms with van der Waals surface area (Å²) in [5.41, 5.74) is 3.79. The maximum Gasteiger partial charge on any atom is 0.250 e. The van der Waals surface area contributed by atoms with Crippen molar-refractivity contribution in [3.63, 3.8) is 0 Å². The summed E-state index contributed by atoms with van der Waals surface area (Å²) in [5.74, 6) is -1.28. The van der Waals surface area contributed by atoms with E-state index in [0.29, 0.717) is 29.9 Å². The molecule has 0 unspecified atom stereocenters. The molecule has 34 heavy (non-hydrogen) atoms. The summed E-state index contributed by atoms with van der Waals surface area (Å²) in [4.78, 5) is 19.6. The van der Waals surface area contributed by atoms with Crippen molar-refractivity contribution in [3.8, 4) is 11.4 Å². The Bertz CT molecular complexity index is 1270. The number of fused-ring (bicyclic) bond motifs is 1. The molecule has 176 valence electrons. The molecule has 8 heteroatoms. The number of halogens is 2. The molecule has 3 aromatic rings. The van der Waals surface area contributed by atoms with Crippen LogP contribution in [0.2, 0.25) is 0 Å². The van der Waals surface area contributed by atoms with Gasteiger partial charge in [-0.25, -0.2) is 13.8 Å². The van der Waals surface area contributed by atoms with Crippen molar-refractivity contribution in [1.82, 2.24) is 14.5 Å². The zero-order valence-electron chi connectivity index (χ0n) is 19.0. The number of benzene rings is 2. The molecule has 5 rings (SSSR count). The van der Waals surface area contributed by atoms with Crippen LogP contribution < -0.4 is 4.74 Å². The third kappa shape index (κ3) is 4.09. The minimum atomic E-state index is -0.930. The predicted molar refractivity (Wildman–Crippen MR) is 123 cm³/mol. The van der Waals surface area contributed by atoms with Crippen LogP contribution in [0, 0.1) is 18.6 Å². The van der Waals surface area contributed by atoms with Gasteiger partial charge in [-0.2, -0.15) is 0 Å². The number of nitrogens with zero attached hydrogens (tertiary/aromatic N) is 3. The highest BCUT2D eigenvalue weighted by Crippen LogP contribution is 2.36. The van der Waals surface area contributed by atoms with E-state index < -0.39 is 17.7 Å². The Morgan fingerprint density at radius 1 is 1.15 bits per heavy atom. The minimum Gasteiger partial charge on any atom is -0.495 e. The number of morpholine rings is 1. The summed E-state index contributed by atoms with van der Waals surface area (Å²) < 4.78 is 40.6. The van der Waals surface area contributed by atoms with Gasteiger partial charge in [0.15, 0.2) is 11.6 Å². The molecule has 0 aliphatic carbocycles. The van der Waals surface area contributed by atoms with E-state index in [2.05, 4.69) is 4.98 Å². The Labute approximate surface area is 196 Å². The summed E-state index contributed by atoms with van der Waals surface area (Å²) >= 11 is 0. The van der Waals surface area contributed by atoms with Crippen LogP contribution in [0.25, 0.3) is 11.8 Å². The molecule has 1 aromatic heterocycles. The summed E-state index contributed by atoms with van der Waals surface area (Å²) in [6, 6.07) is 8.95. The highest BCUT2D eigenvalue weighted by Gasteiger charge is 2.40. The highest BCUT2D eigenvalue weighted by atomic mass is 19.2. The second kappa shape index (κ2) is 9.02. The third-order valence-electron chi connectivity index (χ3n) is 6.43. The van der Waals surface area contributed by atoms with Gasteiger partial charge in [0.2, 0.25) is 0 Å². The Hall–Kier alpha value is -3.52. The first-order valence-corrected chi connectivity index (χ1v) is 11.2. The summed E-state index contributed by atoms with van der Waals surface area (Å²) in [7, 11) is 1.61. The van der Waals surface area contributed by atoms with Crippen molar-refractivity contribution in [1.29, 1.82) is 0 Å². The fourth-order valence-electron chi connectivity index (χ4n) is 4.72. The van der Waals surface area contributed by atoms with Crippen molar-refractivity contribution in [3.05, 3.63) is 83.0 Å². The number of carbonyl (C=O) groups is 1. The van der Waals surface area contributed by atoms with Crippen molar-refractivity contribution in [2.45, 2.75) is 31.8 Å². The van der Waals surface area contributed by atoms with Crippen molar-refractivity contribution >= 4 is 12.0 Å². The standard InChI is InChI=1S/C26H25F2N3O3/c1-16-12-30(15-29-16)23-8-3-17(10-25(23)33-2)9-19-4-6-20-13-34-14-24(31(20)26(19)32)18-5-7-21(27)22(28)11-18/h3,5,7-12,15,20,24H,4,6,13-14H2,1-2H3/t20-,24-/m0/s1. The Balaban J connectivity index is 1.45. The van der Waals surface area contributed by atoms with Gasteiger partial charge < -0.3 is 18.9 Å². The molecule has 2 atom stereocenters. The summed E-state index contributed by atoms with van der Waals surface area (Å²) in [6.07, 6.45) is 6.87. The van der Waals surface area contributed by atoms with Crippen LogP contribution in [0.1, 0.15) is 35.7 Å². The van der Waals surface area contributed by atoms with Gasteiger partial charge in [0.05, 0.1) is 50.1 Å². The quantitative estimate of drug-likeness (QED) is 0.528. The number of ether oxygens (including phenoxy) is 2. The smallest absolute Gasteiger partial charge is 0.250 e. The van der Waals surface area contributed by atoms with Gasteiger partial charge in [0.25, 0.3) is 5.91 Å². The largest absolute Gasteiger partial charge is 0.495 e. The molecule has 2 aliphatic heterocycles. The number of methoxy groups -OCH3 is 1. The SMILES string of the molecule is COc1cc(C=C2CC[C@H]3COC[C@@H](c4ccc(F)c(F)c4)N3C2=O)ccc1-n1cnc(C)c1. The van der Waals surface area contributed by atoms with Crippen LogP contribution >= 0.6 is 0 Å². The molecule has 1 amide bonds. The molecular formula is C26H25F2N3O3. The van der Waals surface area contributed by atoms with Gasteiger partial charge in [0.1, 0.15) is 5.75 Å². The minimum absolute atomic E-state index is 0.0992. The second-order valence-electron chi connectivity index (χ2n) is 8.65.